The number of anilines is 1. The van der Waals surface area contributed by atoms with E-state index in [2.05, 4.69) is 21.2 Å². The van der Waals surface area contributed by atoms with Gasteiger partial charge in [-0.3, -0.25) is 0 Å². The molecule has 1 aliphatic rings. The lowest BCUT2D eigenvalue weighted by Crippen LogP contribution is -2.16. The van der Waals surface area contributed by atoms with Crippen LogP contribution >= 0.6 is 39.1 Å². The highest BCUT2D eigenvalue weighted by Gasteiger charge is 2.23. The van der Waals surface area contributed by atoms with Crippen molar-refractivity contribution in [3.05, 3.63) is 50.3 Å². The zero-order valence-electron chi connectivity index (χ0n) is 10.1. The lowest BCUT2D eigenvalue weighted by atomic mass is 9.93. The highest BCUT2D eigenvalue weighted by Crippen LogP contribution is 2.39. The van der Waals surface area contributed by atoms with E-state index in [9.17, 15) is 0 Å². The van der Waals surface area contributed by atoms with Crippen LogP contribution in [0.5, 0.6) is 0 Å². The lowest BCUT2D eigenvalue weighted by Gasteiger charge is -2.25. The van der Waals surface area contributed by atoms with Crippen LogP contribution in [0, 0.1) is 0 Å². The summed E-state index contributed by atoms with van der Waals surface area (Å²) in [5.41, 5.74) is 1.99. The van der Waals surface area contributed by atoms with Gasteiger partial charge in [0.1, 0.15) is 5.76 Å². The van der Waals surface area contributed by atoms with Crippen LogP contribution in [0.25, 0.3) is 0 Å². The van der Waals surface area contributed by atoms with Gasteiger partial charge in [-0.15, -0.1) is 0 Å². The molecule has 0 radical (unpaired) electrons. The number of fused-ring (bicyclic) bond motifs is 1. The maximum atomic E-state index is 6.25. The summed E-state index contributed by atoms with van der Waals surface area (Å²) in [6.07, 6.45) is 4.90. The molecule has 2 nitrogen and oxygen atoms in total. The Morgan fingerprint density at radius 3 is 2.74 bits per heavy atom. The maximum Gasteiger partial charge on any atom is 0.109 e. The molecule has 0 aliphatic heterocycles. The Bertz CT molecular complexity index is 588. The van der Waals surface area contributed by atoms with Crippen molar-refractivity contribution in [2.24, 2.45) is 0 Å². The molecule has 0 amide bonds. The molecule has 1 aromatic heterocycles. The van der Waals surface area contributed by atoms with Crippen LogP contribution in [0.15, 0.2) is 33.4 Å². The summed E-state index contributed by atoms with van der Waals surface area (Å²) in [5.74, 6) is 1.06. The van der Waals surface area contributed by atoms with Crippen LogP contribution in [0.2, 0.25) is 10.0 Å². The summed E-state index contributed by atoms with van der Waals surface area (Å²) in [6.45, 7) is 0. The Morgan fingerprint density at radius 1 is 1.26 bits per heavy atom. The number of aryl methyl sites for hydroxylation is 1. The van der Waals surface area contributed by atoms with Crippen LogP contribution in [0.3, 0.4) is 0 Å². The summed E-state index contributed by atoms with van der Waals surface area (Å²) in [4.78, 5) is 0. The van der Waals surface area contributed by atoms with E-state index < -0.39 is 0 Å². The van der Waals surface area contributed by atoms with Gasteiger partial charge in [0.05, 0.1) is 28.0 Å². The van der Waals surface area contributed by atoms with Gasteiger partial charge in [-0.2, -0.15) is 0 Å². The fourth-order valence-corrected chi connectivity index (χ4v) is 3.81. The predicted octanol–water partition coefficient (Wildman–Crippen LogP) is 5.84. The molecule has 0 spiro atoms. The second-order valence-electron chi connectivity index (χ2n) is 4.63. The van der Waals surface area contributed by atoms with Gasteiger partial charge < -0.3 is 9.73 Å². The molecule has 0 saturated heterocycles. The minimum absolute atomic E-state index is 0.207. The molecule has 19 heavy (non-hydrogen) atoms. The van der Waals surface area contributed by atoms with Crippen molar-refractivity contribution in [3.8, 4) is 0 Å². The number of halogens is 3. The standard InChI is InChI=1S/C14H12BrCl2NO/c15-8-6-10(16)14(11(17)7-8)18-12-2-1-3-13-9(12)4-5-19-13/h4-7,12,18H,1-3H2. The lowest BCUT2D eigenvalue weighted by molar-refractivity contribution is 0.461. The average Bonchev–Trinajstić information content (AvgIpc) is 2.82. The van der Waals surface area contributed by atoms with E-state index in [1.54, 1.807) is 6.26 Å². The molecule has 1 N–H and O–H groups in total. The SMILES string of the molecule is Clc1cc(Br)cc(Cl)c1NC1CCCc2occc21. The number of furan rings is 1. The van der Waals surface area contributed by atoms with E-state index in [0.29, 0.717) is 10.0 Å². The zero-order valence-corrected chi connectivity index (χ0v) is 13.1. The van der Waals surface area contributed by atoms with Gasteiger partial charge in [-0.1, -0.05) is 39.1 Å². The van der Waals surface area contributed by atoms with E-state index in [4.69, 9.17) is 27.6 Å². The van der Waals surface area contributed by atoms with Gasteiger partial charge in [0.25, 0.3) is 0 Å². The molecule has 0 fully saturated rings. The molecule has 1 atom stereocenters. The molecule has 1 aliphatic carbocycles. The molecule has 0 bridgehead atoms. The number of benzene rings is 1. The quantitative estimate of drug-likeness (QED) is 0.727. The highest BCUT2D eigenvalue weighted by molar-refractivity contribution is 9.10. The first kappa shape index (κ1) is 13.3. The molecule has 3 rings (SSSR count). The third-order valence-electron chi connectivity index (χ3n) is 3.38. The number of hydrogen-bond donors (Lipinski definition) is 1. The van der Waals surface area contributed by atoms with Crippen molar-refractivity contribution in [3.63, 3.8) is 0 Å². The topological polar surface area (TPSA) is 25.2 Å². The molecule has 1 aromatic carbocycles. The average molecular weight is 361 g/mol. The second kappa shape index (κ2) is 5.39. The highest BCUT2D eigenvalue weighted by atomic mass is 79.9. The van der Waals surface area contributed by atoms with E-state index in [1.807, 2.05) is 18.2 Å². The molecule has 1 heterocycles. The normalized spacial score (nSPS) is 18.2. The monoisotopic (exact) mass is 359 g/mol. The second-order valence-corrected chi connectivity index (χ2v) is 6.36. The van der Waals surface area contributed by atoms with E-state index >= 15 is 0 Å². The van der Waals surface area contributed by atoms with Gasteiger partial charge in [-0.05, 0) is 31.0 Å². The predicted molar refractivity (Wildman–Crippen MR) is 82.2 cm³/mol. The van der Waals surface area contributed by atoms with Crippen LogP contribution in [-0.2, 0) is 6.42 Å². The largest absolute Gasteiger partial charge is 0.469 e. The van der Waals surface area contributed by atoms with Crippen LogP contribution in [0.4, 0.5) is 5.69 Å². The Kier molecular flexibility index (Phi) is 3.79. The van der Waals surface area contributed by atoms with Crippen molar-refractivity contribution in [1.82, 2.24) is 0 Å². The number of hydrogen-bond acceptors (Lipinski definition) is 2. The molecular weight excluding hydrogens is 349 g/mol. The van der Waals surface area contributed by atoms with Gasteiger partial charge in [0, 0.05) is 16.5 Å². The van der Waals surface area contributed by atoms with Gasteiger partial charge >= 0.3 is 0 Å². The zero-order chi connectivity index (χ0) is 13.4. The van der Waals surface area contributed by atoms with Gasteiger partial charge in [0.15, 0.2) is 0 Å². The van der Waals surface area contributed by atoms with Gasteiger partial charge in [-0.25, -0.2) is 0 Å². The van der Waals surface area contributed by atoms with Crippen molar-refractivity contribution < 1.29 is 4.42 Å². The minimum atomic E-state index is 0.207. The molecule has 100 valence electrons. The Hall–Kier alpha value is -0.640. The smallest absolute Gasteiger partial charge is 0.109 e. The maximum absolute atomic E-state index is 6.25. The summed E-state index contributed by atoms with van der Waals surface area (Å²) in [6, 6.07) is 5.91. The summed E-state index contributed by atoms with van der Waals surface area (Å²) < 4.78 is 6.37. The molecule has 0 saturated carbocycles. The summed E-state index contributed by atoms with van der Waals surface area (Å²) >= 11 is 15.9. The first-order chi connectivity index (χ1) is 9.15. The van der Waals surface area contributed by atoms with E-state index in [-0.39, 0.29) is 6.04 Å². The van der Waals surface area contributed by atoms with Crippen molar-refractivity contribution in [2.45, 2.75) is 25.3 Å². The van der Waals surface area contributed by atoms with E-state index in [0.717, 1.165) is 35.2 Å². The molecule has 5 heteroatoms. The Balaban J connectivity index is 1.92. The molecule has 2 aromatic rings. The van der Waals surface area contributed by atoms with Crippen molar-refractivity contribution in [1.29, 1.82) is 0 Å². The van der Waals surface area contributed by atoms with Crippen LogP contribution in [-0.4, -0.2) is 0 Å². The third kappa shape index (κ3) is 2.64. The van der Waals surface area contributed by atoms with E-state index in [1.165, 1.54) is 5.56 Å². The number of rotatable bonds is 2. The van der Waals surface area contributed by atoms with Gasteiger partial charge in [0.2, 0.25) is 0 Å². The summed E-state index contributed by atoms with van der Waals surface area (Å²) in [5, 5.41) is 4.68. The Labute approximate surface area is 130 Å². The number of nitrogens with one attached hydrogen (secondary N) is 1. The first-order valence-electron chi connectivity index (χ1n) is 6.12. The molecular formula is C14H12BrCl2NO. The van der Waals surface area contributed by atoms with Crippen molar-refractivity contribution in [2.75, 3.05) is 5.32 Å². The first-order valence-corrected chi connectivity index (χ1v) is 7.67. The van der Waals surface area contributed by atoms with Crippen molar-refractivity contribution >= 4 is 44.8 Å². The van der Waals surface area contributed by atoms with Crippen LogP contribution < -0.4 is 5.32 Å². The minimum Gasteiger partial charge on any atom is -0.469 e. The summed E-state index contributed by atoms with van der Waals surface area (Å²) in [7, 11) is 0. The third-order valence-corrected chi connectivity index (χ3v) is 4.43. The fraction of sp³-hybridized carbons (Fsp3) is 0.286. The fourth-order valence-electron chi connectivity index (χ4n) is 2.49. The van der Waals surface area contributed by atoms with Crippen LogP contribution in [0.1, 0.15) is 30.2 Å². The molecule has 1 unspecified atom stereocenters. The Morgan fingerprint density at radius 2 is 2.00 bits per heavy atom.